The molecule has 0 aliphatic rings. The molecule has 21 heavy (non-hydrogen) atoms. The minimum atomic E-state index is -0.252. The van der Waals surface area contributed by atoms with E-state index >= 15 is 0 Å². The van der Waals surface area contributed by atoms with Crippen LogP contribution in [-0.2, 0) is 20.7 Å². The predicted molar refractivity (Wildman–Crippen MR) is 82.9 cm³/mol. The number of nitrogens with zero attached hydrogens (tertiary/aromatic N) is 1. The summed E-state index contributed by atoms with van der Waals surface area (Å²) in [4.78, 5) is 25.7. The van der Waals surface area contributed by atoms with E-state index in [1.54, 1.807) is 11.8 Å². The van der Waals surface area contributed by atoms with Crippen LogP contribution in [-0.4, -0.2) is 36.0 Å². The number of hydrogen-bond acceptors (Lipinski definition) is 3. The monoisotopic (exact) mass is 291 g/mol. The van der Waals surface area contributed by atoms with E-state index in [1.807, 2.05) is 44.2 Å². The Bertz CT molecular complexity index is 445. The molecule has 0 fully saturated rings. The molecule has 1 aromatic rings. The van der Waals surface area contributed by atoms with Crippen molar-refractivity contribution < 1.29 is 14.3 Å². The third kappa shape index (κ3) is 5.98. The van der Waals surface area contributed by atoms with Crippen LogP contribution >= 0.6 is 0 Å². The highest BCUT2D eigenvalue weighted by atomic mass is 16.5. The highest BCUT2D eigenvalue weighted by Gasteiger charge is 2.20. The smallest absolute Gasteiger partial charge is 0.307 e. The maximum atomic E-state index is 12.5. The summed E-state index contributed by atoms with van der Waals surface area (Å²) in [5.74, 6) is -0.196. The van der Waals surface area contributed by atoms with Crippen molar-refractivity contribution in [3.63, 3.8) is 0 Å². The minimum Gasteiger partial charge on any atom is -0.466 e. The van der Waals surface area contributed by atoms with Crippen LogP contribution in [0.15, 0.2) is 30.3 Å². The molecule has 0 aromatic heterocycles. The molecule has 0 heterocycles. The Hall–Kier alpha value is -1.84. The molecule has 4 nitrogen and oxygen atoms in total. The third-order valence-corrected chi connectivity index (χ3v) is 3.50. The van der Waals surface area contributed by atoms with E-state index in [-0.39, 0.29) is 24.3 Å². The van der Waals surface area contributed by atoms with E-state index in [0.717, 1.165) is 12.0 Å². The van der Waals surface area contributed by atoms with Crippen molar-refractivity contribution in [3.05, 3.63) is 35.9 Å². The molecule has 0 saturated heterocycles. The number of benzene rings is 1. The van der Waals surface area contributed by atoms with Crippen LogP contribution in [0.25, 0.3) is 0 Å². The molecular weight excluding hydrogens is 266 g/mol. The predicted octanol–water partition coefficient (Wildman–Crippen LogP) is 2.81. The number of ether oxygens (including phenoxy) is 1. The average molecular weight is 291 g/mol. The van der Waals surface area contributed by atoms with Gasteiger partial charge in [-0.25, -0.2) is 0 Å². The Balaban J connectivity index is 2.64. The zero-order valence-electron chi connectivity index (χ0n) is 13.2. The standard InChI is InChI=1S/C17H25NO3/c1-4-14(3)18(12-11-17(20)21-5-2)16(19)13-15-9-7-6-8-10-15/h6-10,14H,4-5,11-13H2,1-3H3. The van der Waals surface area contributed by atoms with Gasteiger partial charge < -0.3 is 9.64 Å². The summed E-state index contributed by atoms with van der Waals surface area (Å²) in [5.41, 5.74) is 0.993. The second kappa shape index (κ2) is 9.16. The Kier molecular flexibility index (Phi) is 7.51. The highest BCUT2D eigenvalue weighted by Crippen LogP contribution is 2.10. The zero-order valence-corrected chi connectivity index (χ0v) is 13.2. The van der Waals surface area contributed by atoms with E-state index < -0.39 is 0 Å². The van der Waals surface area contributed by atoms with Crippen LogP contribution in [0.1, 0.15) is 39.2 Å². The van der Waals surface area contributed by atoms with Crippen LogP contribution < -0.4 is 0 Å². The van der Waals surface area contributed by atoms with Crippen LogP contribution in [0.2, 0.25) is 0 Å². The molecule has 1 rings (SSSR count). The molecule has 116 valence electrons. The Morgan fingerprint density at radius 2 is 1.86 bits per heavy atom. The molecule has 0 aliphatic carbocycles. The Morgan fingerprint density at radius 3 is 2.43 bits per heavy atom. The van der Waals surface area contributed by atoms with Gasteiger partial charge in [-0.2, -0.15) is 0 Å². The second-order valence-corrected chi connectivity index (χ2v) is 5.06. The summed E-state index contributed by atoms with van der Waals surface area (Å²) in [6, 6.07) is 9.79. The van der Waals surface area contributed by atoms with E-state index in [1.165, 1.54) is 0 Å². The number of rotatable bonds is 8. The third-order valence-electron chi connectivity index (χ3n) is 3.50. The van der Waals surface area contributed by atoms with Gasteiger partial charge in [0.2, 0.25) is 5.91 Å². The Labute approximate surface area is 127 Å². The molecule has 1 unspecified atom stereocenters. The molecule has 0 saturated carbocycles. The summed E-state index contributed by atoms with van der Waals surface area (Å²) >= 11 is 0. The van der Waals surface area contributed by atoms with Crippen molar-refractivity contribution in [2.45, 2.75) is 46.1 Å². The normalized spacial score (nSPS) is 11.8. The molecule has 0 radical (unpaired) electrons. The lowest BCUT2D eigenvalue weighted by molar-refractivity contribution is -0.144. The molecule has 0 spiro atoms. The van der Waals surface area contributed by atoms with Gasteiger partial charge >= 0.3 is 5.97 Å². The number of esters is 1. The molecule has 1 amide bonds. The van der Waals surface area contributed by atoms with Crippen LogP contribution in [0.4, 0.5) is 0 Å². The molecular formula is C17H25NO3. The van der Waals surface area contributed by atoms with Gasteiger partial charge in [0.1, 0.15) is 0 Å². The molecule has 4 heteroatoms. The van der Waals surface area contributed by atoms with E-state index in [2.05, 4.69) is 0 Å². The van der Waals surface area contributed by atoms with Gasteiger partial charge in [0.25, 0.3) is 0 Å². The van der Waals surface area contributed by atoms with Gasteiger partial charge in [-0.05, 0) is 25.8 Å². The van der Waals surface area contributed by atoms with E-state index in [9.17, 15) is 9.59 Å². The van der Waals surface area contributed by atoms with Crippen LogP contribution in [0, 0.1) is 0 Å². The summed E-state index contributed by atoms with van der Waals surface area (Å²) in [6.07, 6.45) is 1.48. The van der Waals surface area contributed by atoms with Gasteiger partial charge in [0.15, 0.2) is 0 Å². The maximum Gasteiger partial charge on any atom is 0.307 e. The van der Waals surface area contributed by atoms with Gasteiger partial charge in [-0.15, -0.1) is 0 Å². The fourth-order valence-electron chi connectivity index (χ4n) is 2.13. The molecule has 0 aliphatic heterocycles. The average Bonchev–Trinajstić information content (AvgIpc) is 2.48. The topological polar surface area (TPSA) is 46.6 Å². The van der Waals surface area contributed by atoms with Crippen LogP contribution in [0.5, 0.6) is 0 Å². The van der Waals surface area contributed by atoms with Crippen molar-refractivity contribution in [1.29, 1.82) is 0 Å². The minimum absolute atomic E-state index is 0.0554. The van der Waals surface area contributed by atoms with Gasteiger partial charge in [0.05, 0.1) is 19.4 Å². The SMILES string of the molecule is CCOC(=O)CCN(C(=O)Cc1ccccc1)C(C)CC. The van der Waals surface area contributed by atoms with E-state index in [4.69, 9.17) is 4.74 Å². The second-order valence-electron chi connectivity index (χ2n) is 5.06. The van der Waals surface area contributed by atoms with Crippen molar-refractivity contribution in [2.75, 3.05) is 13.2 Å². The van der Waals surface area contributed by atoms with Gasteiger partial charge in [0, 0.05) is 12.6 Å². The van der Waals surface area contributed by atoms with E-state index in [0.29, 0.717) is 19.6 Å². The summed E-state index contributed by atoms with van der Waals surface area (Å²) in [5, 5.41) is 0. The van der Waals surface area contributed by atoms with Gasteiger partial charge in [-0.1, -0.05) is 37.3 Å². The first kappa shape index (κ1) is 17.2. The quantitative estimate of drug-likeness (QED) is 0.692. The largest absolute Gasteiger partial charge is 0.466 e. The lowest BCUT2D eigenvalue weighted by Gasteiger charge is -2.28. The number of hydrogen-bond donors (Lipinski definition) is 0. The van der Waals surface area contributed by atoms with Crippen LogP contribution in [0.3, 0.4) is 0 Å². The first-order chi connectivity index (χ1) is 10.1. The highest BCUT2D eigenvalue weighted by molar-refractivity contribution is 5.79. The molecule has 0 bridgehead atoms. The van der Waals surface area contributed by atoms with Crippen molar-refractivity contribution in [2.24, 2.45) is 0 Å². The van der Waals surface area contributed by atoms with Gasteiger partial charge in [-0.3, -0.25) is 9.59 Å². The fourth-order valence-corrected chi connectivity index (χ4v) is 2.13. The summed E-state index contributed by atoms with van der Waals surface area (Å²) in [6.45, 7) is 6.62. The van der Waals surface area contributed by atoms with Crippen molar-refractivity contribution in [3.8, 4) is 0 Å². The molecule has 0 N–H and O–H groups in total. The molecule has 1 atom stereocenters. The number of carbonyl (C=O) groups excluding carboxylic acids is 2. The lowest BCUT2D eigenvalue weighted by atomic mass is 10.1. The summed E-state index contributed by atoms with van der Waals surface area (Å²) in [7, 11) is 0. The molecule has 1 aromatic carbocycles. The lowest BCUT2D eigenvalue weighted by Crippen LogP contribution is -2.40. The zero-order chi connectivity index (χ0) is 15.7. The maximum absolute atomic E-state index is 12.5. The van der Waals surface area contributed by atoms with Crippen molar-refractivity contribution in [1.82, 2.24) is 4.90 Å². The number of carbonyl (C=O) groups is 2. The van der Waals surface area contributed by atoms with Crippen molar-refractivity contribution >= 4 is 11.9 Å². The fraction of sp³-hybridized carbons (Fsp3) is 0.529. The Morgan fingerprint density at radius 1 is 1.19 bits per heavy atom. The summed E-state index contributed by atoms with van der Waals surface area (Å²) < 4.78 is 4.93. The first-order valence-corrected chi connectivity index (χ1v) is 7.57. The first-order valence-electron chi connectivity index (χ1n) is 7.57. The number of amides is 1.